The van der Waals surface area contributed by atoms with Crippen LogP contribution in [-0.2, 0) is 4.74 Å². The molecule has 7 nitrogen and oxygen atoms in total. The Bertz CT molecular complexity index is 629. The molecule has 0 spiro atoms. The van der Waals surface area contributed by atoms with Crippen LogP contribution in [-0.4, -0.2) is 51.9 Å². The minimum absolute atomic E-state index is 0.0493. The number of amides is 1. The summed E-state index contributed by atoms with van der Waals surface area (Å²) in [5.41, 5.74) is -1.71. The fourth-order valence-corrected chi connectivity index (χ4v) is 2.67. The number of halogens is 2. The number of nitrogens with zero attached hydrogens (tertiary/aromatic N) is 3. The van der Waals surface area contributed by atoms with Crippen LogP contribution < -0.4 is 10.2 Å². The molecule has 0 bridgehead atoms. The van der Waals surface area contributed by atoms with E-state index in [9.17, 15) is 18.7 Å². The van der Waals surface area contributed by atoms with Crippen molar-refractivity contribution in [3.8, 4) is 0 Å². The molecular formula is C16H24F2N4O3. The van der Waals surface area contributed by atoms with Gasteiger partial charge >= 0.3 is 6.09 Å². The molecule has 2 N–H and O–H groups in total. The van der Waals surface area contributed by atoms with Crippen molar-refractivity contribution in [1.29, 1.82) is 0 Å². The van der Waals surface area contributed by atoms with Gasteiger partial charge in [0.15, 0.2) is 0 Å². The number of piperidine rings is 1. The van der Waals surface area contributed by atoms with Crippen LogP contribution >= 0.6 is 0 Å². The van der Waals surface area contributed by atoms with E-state index in [1.165, 1.54) is 17.2 Å². The first-order valence-electron chi connectivity index (χ1n) is 7.94. The average Bonchev–Trinajstić information content (AvgIpc) is 2.42. The van der Waals surface area contributed by atoms with Gasteiger partial charge in [-0.05, 0) is 26.8 Å². The monoisotopic (exact) mass is 358 g/mol. The highest BCUT2D eigenvalue weighted by molar-refractivity contribution is 5.83. The zero-order chi connectivity index (χ0) is 19.0. The maximum atomic E-state index is 14.1. The molecule has 0 aliphatic carbocycles. The van der Waals surface area contributed by atoms with Gasteiger partial charge in [-0.15, -0.1) is 0 Å². The van der Waals surface area contributed by atoms with E-state index in [0.29, 0.717) is 0 Å². The molecule has 0 saturated carbocycles. The predicted molar refractivity (Wildman–Crippen MR) is 88.8 cm³/mol. The maximum Gasteiger partial charge on any atom is 0.413 e. The summed E-state index contributed by atoms with van der Waals surface area (Å²) in [6, 6.07) is 1.44. The number of aromatic nitrogens is 2. The molecule has 1 atom stereocenters. The smallest absolute Gasteiger partial charge is 0.413 e. The third kappa shape index (κ3) is 4.75. The van der Waals surface area contributed by atoms with Gasteiger partial charge in [-0.3, -0.25) is 5.32 Å². The van der Waals surface area contributed by atoms with Crippen molar-refractivity contribution in [3.05, 3.63) is 12.3 Å². The molecule has 1 fully saturated rings. The molecule has 0 aromatic carbocycles. The molecule has 1 saturated heterocycles. The van der Waals surface area contributed by atoms with Crippen molar-refractivity contribution in [1.82, 2.24) is 9.97 Å². The van der Waals surface area contributed by atoms with E-state index in [-0.39, 0.29) is 18.3 Å². The SMILES string of the molecule is CC(C)(C)OC(=O)Nc1ccnc(N2CC(C)(C)[C@H](O)C(F)(F)C2)n1. The number of anilines is 2. The quantitative estimate of drug-likeness (QED) is 0.845. The molecule has 2 heterocycles. The summed E-state index contributed by atoms with van der Waals surface area (Å²) >= 11 is 0. The normalized spacial score (nSPS) is 22.4. The summed E-state index contributed by atoms with van der Waals surface area (Å²) in [7, 11) is 0. The molecule has 0 radical (unpaired) electrons. The van der Waals surface area contributed by atoms with Gasteiger partial charge in [-0.1, -0.05) is 13.8 Å². The van der Waals surface area contributed by atoms with Gasteiger partial charge in [0.05, 0.1) is 6.54 Å². The van der Waals surface area contributed by atoms with Crippen molar-refractivity contribution in [2.45, 2.75) is 52.2 Å². The number of aliphatic hydroxyl groups excluding tert-OH is 1. The number of carbonyl (C=O) groups is 1. The van der Waals surface area contributed by atoms with Gasteiger partial charge in [0, 0.05) is 18.2 Å². The number of rotatable bonds is 2. The Hall–Kier alpha value is -2.03. The number of carbonyl (C=O) groups excluding carboxylic acids is 1. The zero-order valence-corrected chi connectivity index (χ0v) is 15.0. The molecular weight excluding hydrogens is 334 g/mol. The van der Waals surface area contributed by atoms with Gasteiger partial charge in [0.25, 0.3) is 5.92 Å². The van der Waals surface area contributed by atoms with E-state index in [1.807, 2.05) is 0 Å². The van der Waals surface area contributed by atoms with Gasteiger partial charge < -0.3 is 14.7 Å². The Morgan fingerprint density at radius 2 is 2.04 bits per heavy atom. The average molecular weight is 358 g/mol. The van der Waals surface area contributed by atoms with Crippen LogP contribution in [0.25, 0.3) is 0 Å². The number of alkyl halides is 2. The molecule has 9 heteroatoms. The van der Waals surface area contributed by atoms with Crippen molar-refractivity contribution in [2.75, 3.05) is 23.3 Å². The first-order chi connectivity index (χ1) is 11.3. The summed E-state index contributed by atoms with van der Waals surface area (Å²) in [4.78, 5) is 21.2. The number of ether oxygens (including phenoxy) is 1. The van der Waals surface area contributed by atoms with E-state index in [2.05, 4.69) is 15.3 Å². The largest absolute Gasteiger partial charge is 0.444 e. The summed E-state index contributed by atoms with van der Waals surface area (Å²) in [6.07, 6.45) is -1.08. The van der Waals surface area contributed by atoms with Gasteiger partial charge in [-0.25, -0.2) is 18.6 Å². The molecule has 140 valence electrons. The van der Waals surface area contributed by atoms with Crippen LogP contribution in [0.15, 0.2) is 12.3 Å². The lowest BCUT2D eigenvalue weighted by Gasteiger charge is -2.45. The van der Waals surface area contributed by atoms with E-state index in [4.69, 9.17) is 4.74 Å². The lowest BCUT2D eigenvalue weighted by Crippen LogP contribution is -2.61. The first kappa shape index (κ1) is 19.3. The fraction of sp³-hybridized carbons (Fsp3) is 0.688. The van der Waals surface area contributed by atoms with Crippen molar-refractivity contribution >= 4 is 17.9 Å². The minimum atomic E-state index is -3.29. The Morgan fingerprint density at radius 3 is 2.60 bits per heavy atom. The van der Waals surface area contributed by atoms with Crippen LogP contribution in [0.5, 0.6) is 0 Å². The van der Waals surface area contributed by atoms with E-state index < -0.39 is 35.7 Å². The van der Waals surface area contributed by atoms with E-state index in [1.54, 1.807) is 34.6 Å². The zero-order valence-electron chi connectivity index (χ0n) is 15.0. The second kappa shape index (κ2) is 6.36. The lowest BCUT2D eigenvalue weighted by molar-refractivity contribution is -0.160. The molecule has 1 aliphatic heterocycles. The molecule has 25 heavy (non-hydrogen) atoms. The van der Waals surface area contributed by atoms with E-state index in [0.717, 1.165) is 0 Å². The lowest BCUT2D eigenvalue weighted by atomic mass is 9.79. The van der Waals surface area contributed by atoms with Crippen molar-refractivity contribution < 1.29 is 23.4 Å². The third-order valence-electron chi connectivity index (χ3n) is 3.70. The maximum absolute atomic E-state index is 14.1. The molecule has 1 aliphatic rings. The number of hydrogen-bond acceptors (Lipinski definition) is 6. The topological polar surface area (TPSA) is 87.6 Å². The van der Waals surface area contributed by atoms with Crippen LogP contribution in [0.1, 0.15) is 34.6 Å². The highest BCUT2D eigenvalue weighted by Gasteiger charge is 2.53. The standard InChI is InChI=1S/C16H24F2N4O3/c1-14(2,3)25-13(24)21-10-6-7-19-12(20-10)22-8-15(4,5)11(23)16(17,18)9-22/h6-7,11,23H,8-9H2,1-5H3,(H,19,20,21,24)/t11-/m0/s1. The highest BCUT2D eigenvalue weighted by atomic mass is 19.3. The Morgan fingerprint density at radius 1 is 1.40 bits per heavy atom. The summed E-state index contributed by atoms with van der Waals surface area (Å²) in [5.74, 6) is -3.10. The van der Waals surface area contributed by atoms with Gasteiger partial charge in [0.2, 0.25) is 5.95 Å². The molecule has 1 amide bonds. The number of hydrogen-bond donors (Lipinski definition) is 2. The summed E-state index contributed by atoms with van der Waals surface area (Å²) < 4.78 is 33.3. The van der Waals surface area contributed by atoms with Crippen LogP contribution in [0.4, 0.5) is 25.3 Å². The third-order valence-corrected chi connectivity index (χ3v) is 3.70. The Labute approximate surface area is 145 Å². The van der Waals surface area contributed by atoms with Gasteiger partial charge in [-0.2, -0.15) is 4.98 Å². The highest BCUT2D eigenvalue weighted by Crippen LogP contribution is 2.39. The summed E-state index contributed by atoms with van der Waals surface area (Å²) in [6.45, 7) is 7.73. The first-order valence-corrected chi connectivity index (χ1v) is 7.94. The minimum Gasteiger partial charge on any atom is -0.444 e. The second-order valence-electron chi connectivity index (χ2n) is 7.88. The fourth-order valence-electron chi connectivity index (χ4n) is 2.67. The molecule has 2 rings (SSSR count). The van der Waals surface area contributed by atoms with Crippen LogP contribution in [0.2, 0.25) is 0 Å². The second-order valence-corrected chi connectivity index (χ2v) is 7.88. The van der Waals surface area contributed by atoms with Gasteiger partial charge in [0.1, 0.15) is 17.5 Å². The molecule has 1 aromatic heterocycles. The Balaban J connectivity index is 2.17. The van der Waals surface area contributed by atoms with Crippen molar-refractivity contribution in [3.63, 3.8) is 0 Å². The van der Waals surface area contributed by atoms with Crippen LogP contribution in [0, 0.1) is 5.41 Å². The van der Waals surface area contributed by atoms with Crippen LogP contribution in [0.3, 0.4) is 0 Å². The predicted octanol–water partition coefficient (Wildman–Crippen LogP) is 2.67. The number of aliphatic hydroxyl groups is 1. The molecule has 1 aromatic rings. The van der Waals surface area contributed by atoms with E-state index >= 15 is 0 Å². The molecule has 0 unspecified atom stereocenters. The van der Waals surface area contributed by atoms with Crippen molar-refractivity contribution in [2.24, 2.45) is 5.41 Å². The summed E-state index contributed by atoms with van der Waals surface area (Å²) in [5, 5.41) is 12.3. The number of nitrogens with one attached hydrogen (secondary N) is 1. The Kier molecular flexibility index (Phi) is 4.91.